The number of rotatable bonds is 5. The Bertz CT molecular complexity index is 810. The summed E-state index contributed by atoms with van der Waals surface area (Å²) >= 11 is 0. The van der Waals surface area contributed by atoms with Gasteiger partial charge < -0.3 is 9.42 Å². The average molecular weight is 369 g/mol. The molecule has 0 aromatic carbocycles. The van der Waals surface area contributed by atoms with Crippen LogP contribution in [0.1, 0.15) is 24.3 Å². The SMILES string of the molecule is Cc1noc(C)c1S(=O)(=O)NCC1CCN(c2ncc(F)cn2)CC1. The van der Waals surface area contributed by atoms with Crippen LogP contribution in [0.25, 0.3) is 0 Å². The summed E-state index contributed by atoms with van der Waals surface area (Å²) in [7, 11) is -3.63. The maximum atomic E-state index is 12.9. The summed E-state index contributed by atoms with van der Waals surface area (Å²) in [5.41, 5.74) is 0.355. The maximum Gasteiger partial charge on any atom is 0.245 e. The van der Waals surface area contributed by atoms with Crippen molar-refractivity contribution in [2.24, 2.45) is 5.92 Å². The number of halogens is 1. The van der Waals surface area contributed by atoms with Gasteiger partial charge in [-0.2, -0.15) is 0 Å². The van der Waals surface area contributed by atoms with Crippen LogP contribution < -0.4 is 9.62 Å². The zero-order chi connectivity index (χ0) is 18.0. The summed E-state index contributed by atoms with van der Waals surface area (Å²) < 4.78 is 45.3. The zero-order valence-electron chi connectivity index (χ0n) is 14.1. The Balaban J connectivity index is 1.55. The molecular formula is C15H20FN5O3S. The molecule has 3 heterocycles. The van der Waals surface area contributed by atoms with E-state index < -0.39 is 15.8 Å². The maximum absolute atomic E-state index is 12.9. The van der Waals surface area contributed by atoms with E-state index >= 15 is 0 Å². The van der Waals surface area contributed by atoms with Gasteiger partial charge in [-0.15, -0.1) is 0 Å². The normalized spacial score (nSPS) is 16.4. The molecule has 0 aliphatic carbocycles. The molecule has 1 N–H and O–H groups in total. The Morgan fingerprint density at radius 1 is 1.28 bits per heavy atom. The van der Waals surface area contributed by atoms with E-state index in [9.17, 15) is 12.8 Å². The third kappa shape index (κ3) is 3.96. The predicted octanol–water partition coefficient (Wildman–Crippen LogP) is 1.42. The van der Waals surface area contributed by atoms with E-state index in [1.807, 2.05) is 4.90 Å². The van der Waals surface area contributed by atoms with Gasteiger partial charge in [0, 0.05) is 19.6 Å². The third-order valence-electron chi connectivity index (χ3n) is 4.30. The molecule has 0 spiro atoms. The molecule has 1 saturated heterocycles. The number of nitrogens with zero attached hydrogens (tertiary/aromatic N) is 4. The Morgan fingerprint density at radius 3 is 2.48 bits per heavy atom. The van der Waals surface area contributed by atoms with E-state index in [2.05, 4.69) is 19.8 Å². The number of anilines is 1. The van der Waals surface area contributed by atoms with Crippen molar-refractivity contribution in [1.29, 1.82) is 0 Å². The molecule has 2 aromatic heterocycles. The quantitative estimate of drug-likeness (QED) is 0.850. The molecule has 0 atom stereocenters. The lowest BCUT2D eigenvalue weighted by Gasteiger charge is -2.31. The van der Waals surface area contributed by atoms with Gasteiger partial charge in [0.05, 0.1) is 12.4 Å². The Kier molecular flexibility index (Phi) is 5.00. The number of nitrogens with one attached hydrogen (secondary N) is 1. The second-order valence-corrected chi connectivity index (χ2v) is 7.84. The van der Waals surface area contributed by atoms with E-state index in [1.54, 1.807) is 13.8 Å². The van der Waals surface area contributed by atoms with Crippen LogP contribution in [0.3, 0.4) is 0 Å². The lowest BCUT2D eigenvalue weighted by Crippen LogP contribution is -2.39. The fourth-order valence-electron chi connectivity index (χ4n) is 2.96. The minimum Gasteiger partial charge on any atom is -0.360 e. The number of piperidine rings is 1. The van der Waals surface area contributed by atoms with Crippen molar-refractivity contribution in [2.45, 2.75) is 31.6 Å². The van der Waals surface area contributed by atoms with Crippen LogP contribution in [0.15, 0.2) is 21.8 Å². The Labute approximate surface area is 145 Å². The van der Waals surface area contributed by atoms with Crippen molar-refractivity contribution in [2.75, 3.05) is 24.5 Å². The van der Waals surface area contributed by atoms with Crippen molar-refractivity contribution in [3.05, 3.63) is 29.7 Å². The van der Waals surface area contributed by atoms with Crippen LogP contribution in [0.5, 0.6) is 0 Å². The van der Waals surface area contributed by atoms with Gasteiger partial charge in [0.1, 0.15) is 10.6 Å². The summed E-state index contributed by atoms with van der Waals surface area (Å²) in [6.07, 6.45) is 3.88. The zero-order valence-corrected chi connectivity index (χ0v) is 14.9. The van der Waals surface area contributed by atoms with Crippen LogP contribution in [-0.2, 0) is 10.0 Å². The molecule has 0 saturated carbocycles. The van der Waals surface area contributed by atoms with E-state index in [1.165, 1.54) is 0 Å². The number of aromatic nitrogens is 3. The number of aryl methyl sites for hydroxylation is 2. The fourth-order valence-corrected chi connectivity index (χ4v) is 4.41. The van der Waals surface area contributed by atoms with Crippen molar-refractivity contribution in [1.82, 2.24) is 19.8 Å². The molecule has 3 rings (SSSR count). The highest BCUT2D eigenvalue weighted by Crippen LogP contribution is 2.22. The van der Waals surface area contributed by atoms with E-state index in [0.29, 0.717) is 31.3 Å². The first-order valence-electron chi connectivity index (χ1n) is 8.02. The van der Waals surface area contributed by atoms with Crippen LogP contribution >= 0.6 is 0 Å². The fraction of sp³-hybridized carbons (Fsp3) is 0.533. The minimum absolute atomic E-state index is 0.115. The molecule has 0 bridgehead atoms. The summed E-state index contributed by atoms with van der Waals surface area (Å²) in [6, 6.07) is 0. The molecule has 10 heteroatoms. The second kappa shape index (κ2) is 7.04. The lowest BCUT2D eigenvalue weighted by atomic mass is 9.97. The largest absolute Gasteiger partial charge is 0.360 e. The Morgan fingerprint density at radius 2 is 1.92 bits per heavy atom. The first-order chi connectivity index (χ1) is 11.9. The predicted molar refractivity (Wildman–Crippen MR) is 88.1 cm³/mol. The average Bonchev–Trinajstić information content (AvgIpc) is 2.94. The molecule has 8 nitrogen and oxygen atoms in total. The lowest BCUT2D eigenvalue weighted by molar-refractivity contribution is 0.389. The van der Waals surface area contributed by atoms with Gasteiger partial charge in [0.25, 0.3) is 0 Å². The minimum atomic E-state index is -3.63. The van der Waals surface area contributed by atoms with Gasteiger partial charge in [-0.05, 0) is 32.6 Å². The molecule has 136 valence electrons. The monoisotopic (exact) mass is 369 g/mol. The van der Waals surface area contributed by atoms with Crippen molar-refractivity contribution in [3.63, 3.8) is 0 Å². The number of hydrogen-bond donors (Lipinski definition) is 1. The number of hydrogen-bond acceptors (Lipinski definition) is 7. The molecule has 0 amide bonds. The van der Waals surface area contributed by atoms with Crippen LogP contribution in [0.4, 0.5) is 10.3 Å². The molecule has 1 aliphatic heterocycles. The molecule has 2 aromatic rings. The van der Waals surface area contributed by atoms with Gasteiger partial charge in [-0.3, -0.25) is 0 Å². The van der Waals surface area contributed by atoms with Gasteiger partial charge in [0.15, 0.2) is 11.6 Å². The van der Waals surface area contributed by atoms with Gasteiger partial charge in [0.2, 0.25) is 16.0 Å². The molecular weight excluding hydrogens is 349 g/mol. The van der Waals surface area contributed by atoms with Crippen molar-refractivity contribution >= 4 is 16.0 Å². The van der Waals surface area contributed by atoms with Gasteiger partial charge >= 0.3 is 0 Å². The molecule has 25 heavy (non-hydrogen) atoms. The van der Waals surface area contributed by atoms with E-state index in [-0.39, 0.29) is 16.6 Å². The Hall–Kier alpha value is -2.07. The summed E-state index contributed by atoms with van der Waals surface area (Å²) in [5, 5.41) is 3.69. The smallest absolute Gasteiger partial charge is 0.245 e. The van der Waals surface area contributed by atoms with Crippen molar-refractivity contribution < 1.29 is 17.3 Å². The highest BCUT2D eigenvalue weighted by atomic mass is 32.2. The van der Waals surface area contributed by atoms with Crippen molar-refractivity contribution in [3.8, 4) is 0 Å². The first-order valence-corrected chi connectivity index (χ1v) is 9.50. The second-order valence-electron chi connectivity index (χ2n) is 6.14. The molecule has 1 fully saturated rings. The van der Waals surface area contributed by atoms with E-state index in [0.717, 1.165) is 25.2 Å². The van der Waals surface area contributed by atoms with Crippen LogP contribution in [0, 0.1) is 25.6 Å². The first kappa shape index (κ1) is 17.7. The van der Waals surface area contributed by atoms with Gasteiger partial charge in [-0.1, -0.05) is 5.16 Å². The number of sulfonamides is 1. The summed E-state index contributed by atoms with van der Waals surface area (Å²) in [5.74, 6) is 0.531. The standard InChI is InChI=1S/C15H20FN5O3S/c1-10-14(11(2)24-20-10)25(22,23)19-7-12-3-5-21(6-4-12)15-17-8-13(16)9-18-15/h8-9,12,19H,3-7H2,1-2H3. The topological polar surface area (TPSA) is 101 Å². The van der Waals surface area contributed by atoms with Crippen LogP contribution in [-0.4, -0.2) is 43.2 Å². The highest BCUT2D eigenvalue weighted by Gasteiger charge is 2.27. The van der Waals surface area contributed by atoms with E-state index in [4.69, 9.17) is 4.52 Å². The molecule has 0 radical (unpaired) electrons. The highest BCUT2D eigenvalue weighted by molar-refractivity contribution is 7.89. The third-order valence-corrected chi connectivity index (χ3v) is 5.97. The van der Waals surface area contributed by atoms with Crippen LogP contribution in [0.2, 0.25) is 0 Å². The summed E-state index contributed by atoms with van der Waals surface area (Å²) in [4.78, 5) is 10.0. The molecule has 1 aliphatic rings. The van der Waals surface area contributed by atoms with Gasteiger partial charge in [-0.25, -0.2) is 27.5 Å². The summed E-state index contributed by atoms with van der Waals surface area (Å²) in [6.45, 7) is 4.93. The molecule has 0 unspecified atom stereocenters.